The van der Waals surface area contributed by atoms with Crippen LogP contribution in [0.1, 0.15) is 17.3 Å². The van der Waals surface area contributed by atoms with Crippen molar-refractivity contribution >= 4 is 23.0 Å². The molecule has 0 amide bonds. The van der Waals surface area contributed by atoms with E-state index in [0.29, 0.717) is 29.3 Å². The van der Waals surface area contributed by atoms with Gasteiger partial charge in [0.1, 0.15) is 5.75 Å². The molecule has 0 aliphatic heterocycles. The molecule has 0 bridgehead atoms. The largest absolute Gasteiger partial charge is 0.495 e. The predicted molar refractivity (Wildman–Crippen MR) is 83.1 cm³/mol. The van der Waals surface area contributed by atoms with Gasteiger partial charge in [0, 0.05) is 0 Å². The number of hydrogen-bond acceptors (Lipinski definition) is 5. The molecule has 0 heterocycles. The van der Waals surface area contributed by atoms with Crippen molar-refractivity contribution in [2.24, 2.45) is 0 Å². The van der Waals surface area contributed by atoms with Gasteiger partial charge in [0.05, 0.1) is 36.3 Å². The number of nitrogens with one attached hydrogen (secondary N) is 1. The number of methoxy groups -OCH3 is 1. The third-order valence-electron chi connectivity index (χ3n) is 2.96. The summed E-state index contributed by atoms with van der Waals surface area (Å²) in [5, 5.41) is 3.15. The van der Waals surface area contributed by atoms with Gasteiger partial charge in [-0.2, -0.15) is 0 Å². The lowest BCUT2D eigenvalue weighted by Gasteiger charge is -2.15. The minimum atomic E-state index is -0.415. The van der Waals surface area contributed by atoms with Gasteiger partial charge < -0.3 is 20.5 Å². The Balaban J connectivity index is 2.41. The highest BCUT2D eigenvalue weighted by atomic mass is 16.5. The molecule has 2 rings (SSSR count). The molecule has 0 radical (unpaired) electrons. The highest BCUT2D eigenvalue weighted by Gasteiger charge is 2.16. The first-order valence-corrected chi connectivity index (χ1v) is 6.63. The molecule has 0 unspecified atom stereocenters. The third-order valence-corrected chi connectivity index (χ3v) is 2.96. The van der Waals surface area contributed by atoms with E-state index in [2.05, 4.69) is 5.32 Å². The maximum absolute atomic E-state index is 12.0. The van der Waals surface area contributed by atoms with Crippen molar-refractivity contribution in [3.63, 3.8) is 0 Å². The van der Waals surface area contributed by atoms with Crippen molar-refractivity contribution in [3.05, 3.63) is 48.0 Å². The van der Waals surface area contributed by atoms with Crippen LogP contribution in [0.25, 0.3) is 0 Å². The van der Waals surface area contributed by atoms with Crippen molar-refractivity contribution < 1.29 is 14.3 Å². The van der Waals surface area contributed by atoms with Gasteiger partial charge >= 0.3 is 5.97 Å². The summed E-state index contributed by atoms with van der Waals surface area (Å²) in [6.45, 7) is 2.07. The van der Waals surface area contributed by atoms with Crippen LogP contribution in [0.15, 0.2) is 42.5 Å². The Bertz CT molecular complexity index is 641. The summed E-state index contributed by atoms with van der Waals surface area (Å²) in [6, 6.07) is 12.5. The molecule has 21 heavy (non-hydrogen) atoms. The molecule has 5 heteroatoms. The molecule has 0 saturated carbocycles. The van der Waals surface area contributed by atoms with Crippen LogP contribution in [0.4, 0.5) is 17.1 Å². The molecule has 2 aromatic carbocycles. The van der Waals surface area contributed by atoms with Crippen LogP contribution in [0.2, 0.25) is 0 Å². The van der Waals surface area contributed by atoms with Crippen molar-refractivity contribution in [2.75, 3.05) is 24.8 Å². The fourth-order valence-electron chi connectivity index (χ4n) is 1.97. The van der Waals surface area contributed by atoms with E-state index in [1.165, 1.54) is 0 Å². The lowest BCUT2D eigenvalue weighted by Crippen LogP contribution is -2.10. The van der Waals surface area contributed by atoms with Gasteiger partial charge in [-0.3, -0.25) is 0 Å². The van der Waals surface area contributed by atoms with E-state index in [4.69, 9.17) is 15.2 Å². The lowest BCUT2D eigenvalue weighted by molar-refractivity contribution is 0.0527. The zero-order chi connectivity index (χ0) is 15.2. The maximum Gasteiger partial charge on any atom is 0.340 e. The van der Waals surface area contributed by atoms with Crippen LogP contribution in [-0.4, -0.2) is 19.7 Å². The fourth-order valence-corrected chi connectivity index (χ4v) is 1.97. The summed E-state index contributed by atoms with van der Waals surface area (Å²) in [6.07, 6.45) is 0. The molecule has 0 spiro atoms. The number of benzene rings is 2. The molecule has 0 saturated heterocycles. The number of carbonyl (C=O) groups is 1. The minimum Gasteiger partial charge on any atom is -0.495 e. The van der Waals surface area contributed by atoms with Crippen molar-refractivity contribution in [1.82, 2.24) is 0 Å². The van der Waals surface area contributed by atoms with E-state index in [1.54, 1.807) is 32.2 Å². The normalized spacial score (nSPS) is 10.0. The van der Waals surface area contributed by atoms with Gasteiger partial charge in [0.25, 0.3) is 0 Å². The van der Waals surface area contributed by atoms with Crippen LogP contribution >= 0.6 is 0 Å². The first kappa shape index (κ1) is 14.7. The van der Waals surface area contributed by atoms with Crippen molar-refractivity contribution in [3.8, 4) is 5.75 Å². The number of esters is 1. The lowest BCUT2D eigenvalue weighted by atomic mass is 10.1. The summed E-state index contributed by atoms with van der Waals surface area (Å²) in [5.74, 6) is 0.248. The zero-order valence-electron chi connectivity index (χ0n) is 12.1. The third kappa shape index (κ3) is 3.25. The van der Waals surface area contributed by atoms with Gasteiger partial charge in [-0.25, -0.2) is 4.79 Å². The van der Waals surface area contributed by atoms with Gasteiger partial charge in [0.15, 0.2) is 0 Å². The smallest absolute Gasteiger partial charge is 0.340 e. The Hall–Kier alpha value is -2.69. The number of hydrogen-bond donors (Lipinski definition) is 2. The summed E-state index contributed by atoms with van der Waals surface area (Å²) >= 11 is 0. The number of carbonyl (C=O) groups excluding carboxylic acids is 1. The van der Waals surface area contributed by atoms with Gasteiger partial charge in [-0.15, -0.1) is 0 Å². The topological polar surface area (TPSA) is 73.6 Å². The molecule has 0 fully saturated rings. The van der Waals surface area contributed by atoms with Crippen LogP contribution in [0.5, 0.6) is 5.75 Å². The summed E-state index contributed by atoms with van der Waals surface area (Å²) < 4.78 is 10.3. The first-order chi connectivity index (χ1) is 10.2. The Morgan fingerprint density at radius 3 is 2.67 bits per heavy atom. The number of nitrogens with two attached hydrogens (primary N) is 1. The number of para-hydroxylation sites is 3. The Kier molecular flexibility index (Phi) is 4.66. The van der Waals surface area contributed by atoms with E-state index in [-0.39, 0.29) is 0 Å². The molecule has 3 N–H and O–H groups in total. The Labute approximate surface area is 123 Å². The predicted octanol–water partition coefficient (Wildman–Crippen LogP) is 3.20. The van der Waals surface area contributed by atoms with Crippen LogP contribution < -0.4 is 15.8 Å². The zero-order valence-corrected chi connectivity index (χ0v) is 12.1. The SMILES string of the molecule is CCOC(=O)c1cccc(N)c1Nc1ccccc1OC. The van der Waals surface area contributed by atoms with E-state index in [0.717, 1.165) is 5.69 Å². The molecule has 110 valence electrons. The highest BCUT2D eigenvalue weighted by molar-refractivity contribution is 6.00. The highest BCUT2D eigenvalue weighted by Crippen LogP contribution is 2.32. The van der Waals surface area contributed by atoms with Gasteiger partial charge in [-0.1, -0.05) is 18.2 Å². The molecule has 2 aromatic rings. The summed E-state index contributed by atoms with van der Waals surface area (Å²) in [5.41, 5.74) is 8.08. The number of ether oxygens (including phenoxy) is 2. The maximum atomic E-state index is 12.0. The monoisotopic (exact) mass is 286 g/mol. The average Bonchev–Trinajstić information content (AvgIpc) is 2.50. The van der Waals surface area contributed by atoms with Crippen molar-refractivity contribution in [2.45, 2.75) is 6.92 Å². The first-order valence-electron chi connectivity index (χ1n) is 6.63. The summed E-state index contributed by atoms with van der Waals surface area (Å²) in [4.78, 5) is 12.0. The molecular formula is C16H18N2O3. The van der Waals surface area contributed by atoms with Crippen LogP contribution in [-0.2, 0) is 4.74 Å². The van der Waals surface area contributed by atoms with Gasteiger partial charge in [0.2, 0.25) is 0 Å². The molecule has 0 aliphatic carbocycles. The number of rotatable bonds is 5. The second-order valence-corrected chi connectivity index (χ2v) is 4.32. The number of anilines is 3. The Morgan fingerprint density at radius 2 is 1.95 bits per heavy atom. The molecule has 0 aliphatic rings. The average molecular weight is 286 g/mol. The fraction of sp³-hybridized carbons (Fsp3) is 0.188. The second-order valence-electron chi connectivity index (χ2n) is 4.32. The van der Waals surface area contributed by atoms with Crippen LogP contribution in [0, 0.1) is 0 Å². The quantitative estimate of drug-likeness (QED) is 0.652. The summed E-state index contributed by atoms with van der Waals surface area (Å²) in [7, 11) is 1.58. The standard InChI is InChI=1S/C16H18N2O3/c1-3-21-16(19)11-7-6-8-12(17)15(11)18-13-9-4-5-10-14(13)20-2/h4-10,18H,3,17H2,1-2H3. The van der Waals surface area contributed by atoms with Gasteiger partial charge in [-0.05, 0) is 31.2 Å². The number of nitrogen functional groups attached to an aromatic ring is 1. The van der Waals surface area contributed by atoms with E-state index in [9.17, 15) is 4.79 Å². The van der Waals surface area contributed by atoms with E-state index >= 15 is 0 Å². The minimum absolute atomic E-state index is 0.307. The Morgan fingerprint density at radius 1 is 1.19 bits per heavy atom. The molecule has 0 atom stereocenters. The second kappa shape index (κ2) is 6.65. The van der Waals surface area contributed by atoms with Crippen molar-refractivity contribution in [1.29, 1.82) is 0 Å². The van der Waals surface area contributed by atoms with E-state index < -0.39 is 5.97 Å². The molecule has 0 aromatic heterocycles. The molecular weight excluding hydrogens is 268 g/mol. The molecule has 5 nitrogen and oxygen atoms in total. The van der Waals surface area contributed by atoms with E-state index in [1.807, 2.05) is 24.3 Å². The van der Waals surface area contributed by atoms with Crippen LogP contribution in [0.3, 0.4) is 0 Å².